The number of likely N-dealkylation sites (tertiary alicyclic amines) is 1. The molecular formula is C44H56N2O3. The second-order valence-corrected chi connectivity index (χ2v) is 13.6. The van der Waals surface area contributed by atoms with E-state index in [2.05, 4.69) is 71.3 Å². The van der Waals surface area contributed by atoms with Crippen molar-refractivity contribution in [1.29, 1.82) is 0 Å². The first-order valence-corrected chi connectivity index (χ1v) is 18.8. The molecule has 0 N–H and O–H groups in total. The highest BCUT2D eigenvalue weighted by Gasteiger charge is 2.28. The minimum atomic E-state index is 0.229. The van der Waals surface area contributed by atoms with Crippen molar-refractivity contribution < 1.29 is 14.3 Å². The van der Waals surface area contributed by atoms with Gasteiger partial charge in [0.05, 0.1) is 0 Å². The van der Waals surface area contributed by atoms with Crippen molar-refractivity contribution in [3.8, 4) is 17.2 Å². The van der Waals surface area contributed by atoms with Crippen molar-refractivity contribution in [1.82, 2.24) is 9.80 Å². The number of carbonyl (C=O) groups is 1. The maximum atomic E-state index is 14.0. The lowest BCUT2D eigenvalue weighted by molar-refractivity contribution is -0.135. The first-order valence-electron chi connectivity index (χ1n) is 18.8. The van der Waals surface area contributed by atoms with E-state index in [4.69, 9.17) is 9.47 Å². The maximum Gasteiger partial charge on any atom is 0.223 e. The molecule has 0 bridgehead atoms. The van der Waals surface area contributed by atoms with Gasteiger partial charge in [-0.25, -0.2) is 0 Å². The van der Waals surface area contributed by atoms with E-state index in [-0.39, 0.29) is 11.9 Å². The largest absolute Gasteiger partial charge is 0.485 e. The van der Waals surface area contributed by atoms with Gasteiger partial charge in [0, 0.05) is 38.6 Å². The number of piperidine rings is 1. The van der Waals surface area contributed by atoms with Crippen molar-refractivity contribution in [3.63, 3.8) is 0 Å². The summed E-state index contributed by atoms with van der Waals surface area (Å²) in [6.07, 6.45) is 13.9. The average Bonchev–Trinajstić information content (AvgIpc) is 3.14. The fourth-order valence-corrected chi connectivity index (χ4v) is 6.78. The first-order chi connectivity index (χ1) is 24.2. The van der Waals surface area contributed by atoms with E-state index < -0.39 is 0 Å². The minimum absolute atomic E-state index is 0.229. The standard InChI is InChI=1S/C44H56N2O3/c1-2-3-4-5-6-7-8-9-19-26-44(47)46(40-29-31-45(32-30-40)34-37-20-13-10-14-21-37)35-39-27-28-42(49-41-24-17-12-18-25-41)43(33-39)48-36-38-22-15-11-16-23-38/h10-18,20-25,27-28,33,40H,2-9,19,26,29-32,34-36H2,1H3. The van der Waals surface area contributed by atoms with Crippen LogP contribution in [0.2, 0.25) is 0 Å². The molecule has 0 atom stereocenters. The molecule has 1 fully saturated rings. The van der Waals surface area contributed by atoms with Crippen LogP contribution in [0.25, 0.3) is 0 Å². The normalized spacial score (nSPS) is 13.7. The van der Waals surface area contributed by atoms with Crippen LogP contribution in [0.5, 0.6) is 17.2 Å². The summed E-state index contributed by atoms with van der Waals surface area (Å²) in [5.74, 6) is 2.41. The highest BCUT2D eigenvalue weighted by atomic mass is 16.5. The number of amides is 1. The lowest BCUT2D eigenvalue weighted by Crippen LogP contribution is -2.46. The van der Waals surface area contributed by atoms with Crippen LogP contribution >= 0.6 is 0 Å². The van der Waals surface area contributed by atoms with Crippen molar-refractivity contribution in [2.24, 2.45) is 0 Å². The van der Waals surface area contributed by atoms with E-state index in [9.17, 15) is 4.79 Å². The van der Waals surface area contributed by atoms with Crippen LogP contribution in [0, 0.1) is 0 Å². The molecular weight excluding hydrogens is 604 g/mol. The Hall–Kier alpha value is -4.09. The van der Waals surface area contributed by atoms with E-state index in [0.717, 1.165) is 62.2 Å². The molecule has 0 aromatic heterocycles. The molecule has 1 heterocycles. The summed E-state index contributed by atoms with van der Waals surface area (Å²) >= 11 is 0. The van der Waals surface area contributed by atoms with E-state index in [1.165, 1.54) is 50.5 Å². The summed E-state index contributed by atoms with van der Waals surface area (Å²) in [7, 11) is 0. The molecule has 0 saturated carbocycles. The summed E-state index contributed by atoms with van der Waals surface area (Å²) in [6.45, 7) is 6.24. The fraction of sp³-hybridized carbons (Fsp3) is 0.432. The maximum absolute atomic E-state index is 14.0. The zero-order valence-corrected chi connectivity index (χ0v) is 29.6. The van der Waals surface area contributed by atoms with Crippen LogP contribution in [-0.4, -0.2) is 34.8 Å². The summed E-state index contributed by atoms with van der Waals surface area (Å²) in [4.78, 5) is 18.7. The van der Waals surface area contributed by atoms with Crippen LogP contribution in [0.15, 0.2) is 109 Å². The van der Waals surface area contributed by atoms with Crippen LogP contribution in [0.3, 0.4) is 0 Å². The molecule has 1 aliphatic heterocycles. The minimum Gasteiger partial charge on any atom is -0.485 e. The van der Waals surface area contributed by atoms with Crippen LogP contribution in [-0.2, 0) is 24.5 Å². The second kappa shape index (κ2) is 20.4. The molecule has 1 amide bonds. The van der Waals surface area contributed by atoms with Crippen molar-refractivity contribution in [2.45, 2.75) is 110 Å². The van der Waals surface area contributed by atoms with Crippen LogP contribution < -0.4 is 9.47 Å². The smallest absolute Gasteiger partial charge is 0.223 e. The molecule has 0 aliphatic carbocycles. The Kier molecular flexibility index (Phi) is 15.1. The average molecular weight is 661 g/mol. The van der Waals surface area contributed by atoms with Gasteiger partial charge in [-0.3, -0.25) is 9.69 Å². The molecule has 4 aromatic carbocycles. The molecule has 5 rings (SSSR count). The Labute approximate surface area is 295 Å². The van der Waals surface area contributed by atoms with Crippen LogP contribution in [0.4, 0.5) is 0 Å². The van der Waals surface area contributed by atoms with Gasteiger partial charge >= 0.3 is 0 Å². The molecule has 49 heavy (non-hydrogen) atoms. The Bertz CT molecular complexity index is 1490. The van der Waals surface area contributed by atoms with Crippen molar-refractivity contribution in [2.75, 3.05) is 13.1 Å². The first kappa shape index (κ1) is 36.2. The molecule has 0 spiro atoms. The number of ether oxygens (including phenoxy) is 2. The molecule has 5 nitrogen and oxygen atoms in total. The van der Waals surface area contributed by atoms with Gasteiger partial charge < -0.3 is 14.4 Å². The zero-order valence-electron chi connectivity index (χ0n) is 29.6. The molecule has 0 radical (unpaired) electrons. The van der Waals surface area contributed by atoms with Gasteiger partial charge in [-0.05, 0) is 60.2 Å². The van der Waals surface area contributed by atoms with Crippen molar-refractivity contribution in [3.05, 3.63) is 126 Å². The number of benzene rings is 4. The predicted molar refractivity (Wildman–Crippen MR) is 201 cm³/mol. The van der Waals surface area contributed by atoms with Gasteiger partial charge in [0.2, 0.25) is 5.91 Å². The Morgan fingerprint density at radius 2 is 1.27 bits per heavy atom. The summed E-state index contributed by atoms with van der Waals surface area (Å²) in [5.41, 5.74) is 3.51. The lowest BCUT2D eigenvalue weighted by atomic mass is 10.00. The Balaban J connectivity index is 1.26. The number of unbranched alkanes of at least 4 members (excludes halogenated alkanes) is 8. The number of hydrogen-bond acceptors (Lipinski definition) is 4. The molecule has 5 heteroatoms. The van der Waals surface area contributed by atoms with Gasteiger partial charge in [-0.2, -0.15) is 0 Å². The molecule has 260 valence electrons. The molecule has 4 aromatic rings. The van der Waals surface area contributed by atoms with E-state index in [0.29, 0.717) is 31.1 Å². The third kappa shape index (κ3) is 12.4. The Morgan fingerprint density at radius 1 is 0.673 bits per heavy atom. The van der Waals surface area contributed by atoms with E-state index in [1.807, 2.05) is 54.6 Å². The molecule has 1 saturated heterocycles. The van der Waals surface area contributed by atoms with E-state index >= 15 is 0 Å². The number of rotatable bonds is 20. The van der Waals surface area contributed by atoms with Gasteiger partial charge in [-0.1, -0.05) is 143 Å². The van der Waals surface area contributed by atoms with E-state index in [1.54, 1.807) is 0 Å². The summed E-state index contributed by atoms with van der Waals surface area (Å²) in [6, 6.07) is 37.1. The summed E-state index contributed by atoms with van der Waals surface area (Å²) < 4.78 is 12.7. The predicted octanol–water partition coefficient (Wildman–Crippen LogP) is 11.0. The highest BCUT2D eigenvalue weighted by molar-refractivity contribution is 5.76. The quantitative estimate of drug-likeness (QED) is 0.0885. The number of para-hydroxylation sites is 1. The van der Waals surface area contributed by atoms with Gasteiger partial charge in [-0.15, -0.1) is 0 Å². The third-order valence-electron chi connectivity index (χ3n) is 9.63. The monoisotopic (exact) mass is 660 g/mol. The lowest BCUT2D eigenvalue weighted by Gasteiger charge is -2.39. The van der Waals surface area contributed by atoms with Crippen LogP contribution in [0.1, 0.15) is 101 Å². The second-order valence-electron chi connectivity index (χ2n) is 13.6. The Morgan fingerprint density at radius 3 is 1.92 bits per heavy atom. The number of hydrogen-bond donors (Lipinski definition) is 0. The SMILES string of the molecule is CCCCCCCCCCCC(=O)N(Cc1ccc(Oc2ccccc2)c(OCc2ccccc2)c1)C1CCN(Cc2ccccc2)CC1. The summed E-state index contributed by atoms with van der Waals surface area (Å²) in [5, 5.41) is 0. The third-order valence-corrected chi connectivity index (χ3v) is 9.63. The topological polar surface area (TPSA) is 42.0 Å². The van der Waals surface area contributed by atoms with Gasteiger partial charge in [0.25, 0.3) is 0 Å². The number of carbonyl (C=O) groups excluding carboxylic acids is 1. The van der Waals surface area contributed by atoms with Crippen molar-refractivity contribution >= 4 is 5.91 Å². The molecule has 1 aliphatic rings. The zero-order chi connectivity index (χ0) is 33.9. The molecule has 0 unspecified atom stereocenters. The fourth-order valence-electron chi connectivity index (χ4n) is 6.78. The van der Waals surface area contributed by atoms with Gasteiger partial charge in [0.15, 0.2) is 11.5 Å². The van der Waals surface area contributed by atoms with Gasteiger partial charge in [0.1, 0.15) is 12.4 Å². The number of nitrogens with zero attached hydrogens (tertiary/aromatic N) is 2. The highest BCUT2D eigenvalue weighted by Crippen LogP contribution is 2.34.